The third-order valence-corrected chi connectivity index (χ3v) is 16.6. The molecular formula is C36H20AlI3N4. The van der Waals surface area contributed by atoms with E-state index in [1.807, 2.05) is 0 Å². The van der Waals surface area contributed by atoms with Crippen molar-refractivity contribution in [1.82, 2.24) is 12.7 Å². The van der Waals surface area contributed by atoms with Crippen molar-refractivity contribution in [2.24, 2.45) is 0 Å². The van der Waals surface area contributed by atoms with Gasteiger partial charge in [0.2, 0.25) is 0 Å². The minimum Gasteiger partial charge on any atom is -0.404 e. The number of hydrogen-bond donors (Lipinski definition) is 0. The molecule has 10 aromatic rings. The summed E-state index contributed by atoms with van der Waals surface area (Å²) in [5.41, 5.74) is 10.4. The smallest absolute Gasteiger partial charge is 0.404 e. The maximum atomic E-state index is 2.83. The Hall–Kier alpha value is -2.76. The van der Waals surface area contributed by atoms with Crippen LogP contribution in [0.2, 0.25) is 0 Å². The maximum Gasteiger partial charge on any atom is 0.673 e. The van der Waals surface area contributed by atoms with E-state index in [4.69, 9.17) is 0 Å². The van der Waals surface area contributed by atoms with E-state index in [0.717, 1.165) is 0 Å². The Morgan fingerprint density at radius 3 is 1.02 bits per heavy atom. The van der Waals surface area contributed by atoms with E-state index in [9.17, 15) is 0 Å². The van der Waals surface area contributed by atoms with Crippen LogP contribution < -0.4 is 0 Å². The van der Waals surface area contributed by atoms with Crippen molar-refractivity contribution >= 4 is 165 Å². The van der Waals surface area contributed by atoms with Crippen LogP contribution in [0.4, 0.5) is 0 Å². The molecule has 4 heterocycles. The number of aromatic nitrogens is 4. The van der Waals surface area contributed by atoms with E-state index in [1.54, 1.807) is 0 Å². The first-order chi connectivity index (χ1) is 21.6. The number of benzene rings is 6. The molecule has 8 heteroatoms. The third kappa shape index (κ3) is 3.33. The Bertz CT molecular complexity index is 2640. The van der Waals surface area contributed by atoms with Gasteiger partial charge in [0.05, 0.1) is 78.8 Å². The molecule has 4 nitrogen and oxygen atoms in total. The van der Waals surface area contributed by atoms with Crippen molar-refractivity contribution in [1.29, 1.82) is 0 Å². The summed E-state index contributed by atoms with van der Waals surface area (Å²) in [6, 6.07) is 44.9. The Morgan fingerprint density at radius 1 is 0.341 bits per heavy atom. The number of halogens is 3. The minimum atomic E-state index is -2.00. The van der Waals surface area contributed by atoms with Crippen molar-refractivity contribution in [2.75, 3.05) is 0 Å². The van der Waals surface area contributed by atoms with Crippen LogP contribution in [0.1, 0.15) is 0 Å². The quantitative estimate of drug-likeness (QED) is 0.122. The molecule has 0 N–H and O–H groups in total. The molecule has 0 atom stereocenters. The highest BCUT2D eigenvalue weighted by Gasteiger charge is 2.33. The second kappa shape index (κ2) is 9.62. The van der Waals surface area contributed by atoms with Gasteiger partial charge in [-0.15, -0.1) is 20.3 Å². The lowest BCUT2D eigenvalue weighted by Gasteiger charge is -2.17. The first-order valence-corrected chi connectivity index (χ1v) is 21.6. The highest BCUT2D eigenvalue weighted by atomic mass is 127. The lowest BCUT2D eigenvalue weighted by atomic mass is 10.1. The van der Waals surface area contributed by atoms with E-state index in [1.165, 1.54) is 87.2 Å². The largest absolute Gasteiger partial charge is 0.673 e. The Kier molecular flexibility index (Phi) is 5.79. The van der Waals surface area contributed by atoms with Crippen LogP contribution in [0, 0.1) is 0 Å². The summed E-state index contributed by atoms with van der Waals surface area (Å²) in [6.45, 7) is 0. The molecule has 0 bridgehead atoms. The maximum absolute atomic E-state index is 2.83. The minimum absolute atomic E-state index is 1.26. The Labute approximate surface area is 295 Å². The van der Waals surface area contributed by atoms with Crippen LogP contribution in [0.5, 0.6) is 0 Å². The molecule has 208 valence electrons. The zero-order chi connectivity index (χ0) is 29.3. The molecule has 0 aliphatic carbocycles. The molecule has 0 amide bonds. The van der Waals surface area contributed by atoms with Gasteiger partial charge < -0.3 is 7.10 Å². The van der Waals surface area contributed by atoms with Crippen molar-refractivity contribution in [3.05, 3.63) is 121 Å². The summed E-state index contributed by atoms with van der Waals surface area (Å²) >= 11 is 5.86. The molecule has 0 aliphatic heterocycles. The van der Waals surface area contributed by atoms with E-state index in [-0.39, 0.29) is 0 Å². The lowest BCUT2D eigenvalue weighted by Crippen LogP contribution is -2.27. The molecule has 0 spiro atoms. The third-order valence-electron chi connectivity index (χ3n) is 9.32. The molecular weight excluding hydrogens is 896 g/mol. The fourth-order valence-corrected chi connectivity index (χ4v) is 14.9. The van der Waals surface area contributed by atoms with Crippen molar-refractivity contribution in [2.45, 2.75) is 0 Å². The summed E-state index contributed by atoms with van der Waals surface area (Å²) in [6.07, 6.45) is 0. The highest BCUT2D eigenvalue weighted by Crippen LogP contribution is 2.43. The molecule has 0 fully saturated rings. The fourth-order valence-electron chi connectivity index (χ4n) is 7.52. The van der Waals surface area contributed by atoms with Crippen LogP contribution >= 0.6 is 66.0 Å². The van der Waals surface area contributed by atoms with Crippen LogP contribution in [-0.4, -0.2) is 24.0 Å². The zero-order valence-corrected chi connectivity index (χ0v) is 30.7. The van der Waals surface area contributed by atoms with E-state index in [2.05, 4.69) is 200 Å². The number of para-hydroxylation sites is 4. The summed E-state index contributed by atoms with van der Waals surface area (Å²) in [4.78, 5) is 0. The molecule has 44 heavy (non-hydrogen) atoms. The van der Waals surface area contributed by atoms with Crippen molar-refractivity contribution in [3.8, 4) is 0 Å². The van der Waals surface area contributed by atoms with Crippen LogP contribution in [0.15, 0.2) is 121 Å². The normalized spacial score (nSPS) is 12.4. The molecule has 4 aromatic heterocycles. The van der Waals surface area contributed by atoms with Crippen LogP contribution in [0.25, 0.3) is 87.2 Å². The molecule has 6 aromatic carbocycles. The Balaban J connectivity index is 1.42. The van der Waals surface area contributed by atoms with Gasteiger partial charge in [-0.05, 0) is 24.3 Å². The highest BCUT2D eigenvalue weighted by molar-refractivity contribution is 14.1. The monoisotopic (exact) mass is 916 g/mol. The summed E-state index contributed by atoms with van der Waals surface area (Å²) in [5.74, 6) is 0. The predicted molar refractivity (Wildman–Crippen MR) is 214 cm³/mol. The molecule has 0 saturated heterocycles. The zero-order valence-electron chi connectivity index (χ0n) is 23.0. The number of fused-ring (bicyclic) bond motifs is 14. The average Bonchev–Trinajstić information content (AvgIpc) is 3.77. The predicted octanol–water partition coefficient (Wildman–Crippen LogP) is 11.3. The average molecular weight is 916 g/mol. The van der Waals surface area contributed by atoms with Gasteiger partial charge in [0, 0.05) is 54.1 Å². The first kappa shape index (κ1) is 26.5. The summed E-state index contributed by atoms with van der Waals surface area (Å²) in [5, 5.41) is 10.5. The van der Waals surface area contributed by atoms with Gasteiger partial charge >= 0.3 is 11.3 Å². The van der Waals surface area contributed by atoms with Gasteiger partial charge in [0.25, 0.3) is 0 Å². The molecule has 0 saturated carbocycles. The van der Waals surface area contributed by atoms with Gasteiger partial charge in [0.15, 0.2) is 0 Å². The number of nitrogens with zero attached hydrogens (tertiary/aromatic N) is 4. The number of hydrogen-bond acceptors (Lipinski definition) is 0. The van der Waals surface area contributed by atoms with Gasteiger partial charge in [-0.25, -0.2) is 0 Å². The van der Waals surface area contributed by atoms with Gasteiger partial charge in [-0.2, -0.15) is 0 Å². The van der Waals surface area contributed by atoms with Crippen molar-refractivity contribution < 1.29 is 0 Å². The molecule has 0 radical (unpaired) electrons. The van der Waals surface area contributed by atoms with Gasteiger partial charge in [0.1, 0.15) is 0 Å². The van der Waals surface area contributed by atoms with Crippen LogP contribution in [-0.2, 0) is 0 Å². The Morgan fingerprint density at radius 2 is 0.636 bits per heavy atom. The van der Waals surface area contributed by atoms with E-state index < -0.39 is 11.3 Å². The number of rotatable bonds is 2. The lowest BCUT2D eigenvalue weighted by molar-refractivity contribution is 1.23. The van der Waals surface area contributed by atoms with E-state index >= 15 is 0 Å². The topological polar surface area (TPSA) is 19.7 Å². The van der Waals surface area contributed by atoms with Gasteiger partial charge in [-0.3, -0.25) is 5.56 Å². The molecule has 0 unspecified atom stereocenters. The SMILES string of the molecule is In1c2ccccc2c2ccc3c4ccccc4[n]([Al]([I])[n]4c5ccccc5c5ccc6c7ccccc7n(I)c6c54)c3c21. The second-order valence-corrected chi connectivity index (χ2v) is 18.3. The summed E-state index contributed by atoms with van der Waals surface area (Å²) in [7, 11) is 0. The van der Waals surface area contributed by atoms with Crippen molar-refractivity contribution in [3.63, 3.8) is 0 Å². The first-order valence-electron chi connectivity index (χ1n) is 14.5. The molecule has 10 rings (SSSR count). The van der Waals surface area contributed by atoms with Gasteiger partial charge in [-0.1, -0.05) is 97.1 Å². The molecule has 0 aliphatic rings. The van der Waals surface area contributed by atoms with E-state index in [0.29, 0.717) is 0 Å². The fraction of sp³-hybridized carbons (Fsp3) is 0. The standard InChI is InChI=1S/2C18H10IN2.Al.HI/c2*19-21-16-8-4-2-6-12(16)14-10-9-13-11-5-1-3-7-15(11)20-17(13)18(14)21;;/h2*1-10H;;1H/q2*-1;+3;/p-1. The summed E-state index contributed by atoms with van der Waals surface area (Å²) < 4.78 is 10.2. The second-order valence-electron chi connectivity index (χ2n) is 11.4. The van der Waals surface area contributed by atoms with Crippen LogP contribution in [0.3, 0.4) is 0 Å².